The van der Waals surface area contributed by atoms with Crippen LogP contribution in [-0.4, -0.2) is 67.6 Å². The van der Waals surface area contributed by atoms with Crippen LogP contribution in [0.3, 0.4) is 0 Å². The van der Waals surface area contributed by atoms with E-state index < -0.39 is 0 Å². The molecule has 4 rings (SSSR count). The lowest BCUT2D eigenvalue weighted by atomic mass is 9.82. The van der Waals surface area contributed by atoms with E-state index in [1.54, 1.807) is 0 Å². The van der Waals surface area contributed by atoms with E-state index in [-0.39, 0.29) is 23.9 Å². The molecule has 30 heavy (non-hydrogen) atoms. The van der Waals surface area contributed by atoms with Crippen molar-refractivity contribution in [2.24, 2.45) is 0 Å². The van der Waals surface area contributed by atoms with Crippen molar-refractivity contribution in [3.8, 4) is 0 Å². The van der Waals surface area contributed by atoms with Gasteiger partial charge in [-0.2, -0.15) is 0 Å². The summed E-state index contributed by atoms with van der Waals surface area (Å²) in [5.74, 6) is 0.122. The molecule has 0 spiro atoms. The molecule has 0 radical (unpaired) electrons. The van der Waals surface area contributed by atoms with Gasteiger partial charge in [-0.15, -0.1) is 11.3 Å². The van der Waals surface area contributed by atoms with E-state index in [1.165, 1.54) is 11.3 Å². The fourth-order valence-electron chi connectivity index (χ4n) is 4.13. The molecule has 6 nitrogen and oxygen atoms in total. The molecular formula is C22H26ClN3O3S. The molecule has 2 aliphatic rings. The van der Waals surface area contributed by atoms with Gasteiger partial charge in [0.2, 0.25) is 5.91 Å². The Kier molecular flexibility index (Phi) is 6.73. The molecule has 8 heteroatoms. The number of ether oxygens (including phenoxy) is 1. The molecule has 0 unspecified atom stereocenters. The van der Waals surface area contributed by atoms with Crippen molar-refractivity contribution < 1.29 is 14.3 Å². The van der Waals surface area contributed by atoms with Crippen molar-refractivity contribution in [3.63, 3.8) is 0 Å². The van der Waals surface area contributed by atoms with Crippen LogP contribution in [-0.2, 0) is 15.1 Å². The second-order valence-electron chi connectivity index (χ2n) is 7.71. The first kappa shape index (κ1) is 21.3. The Morgan fingerprint density at radius 1 is 1.03 bits per heavy atom. The van der Waals surface area contributed by atoms with Crippen LogP contribution < -0.4 is 5.32 Å². The summed E-state index contributed by atoms with van der Waals surface area (Å²) in [6.07, 6.45) is 1.62. The molecule has 2 aromatic rings. The molecule has 160 valence electrons. The molecule has 1 N–H and O–H groups in total. The molecule has 1 aromatic heterocycles. The number of hydrogen-bond acceptors (Lipinski definition) is 5. The van der Waals surface area contributed by atoms with Crippen molar-refractivity contribution >= 4 is 34.8 Å². The largest absolute Gasteiger partial charge is 0.381 e. The number of hydrogen-bond donors (Lipinski definition) is 1. The second-order valence-corrected chi connectivity index (χ2v) is 9.09. The first-order chi connectivity index (χ1) is 14.6. The zero-order chi connectivity index (χ0) is 21.0. The van der Waals surface area contributed by atoms with Crippen molar-refractivity contribution in [3.05, 3.63) is 57.2 Å². The normalized spacial score (nSPS) is 19.0. The van der Waals surface area contributed by atoms with Crippen molar-refractivity contribution in [1.82, 2.24) is 15.1 Å². The van der Waals surface area contributed by atoms with Crippen molar-refractivity contribution in [2.75, 3.05) is 45.9 Å². The van der Waals surface area contributed by atoms with Crippen LogP contribution in [0.25, 0.3) is 0 Å². The summed E-state index contributed by atoms with van der Waals surface area (Å²) < 4.78 is 5.56. The van der Waals surface area contributed by atoms with Crippen LogP contribution in [0.2, 0.25) is 5.02 Å². The standard InChI is InChI=1S/C22H26ClN3O3S/c23-18-5-3-17(4-6-18)22(7-13-29-14-8-22)24-16-20(27)25-9-11-26(12-10-25)21(28)19-2-1-15-30-19/h1-6,15,24H,7-14,16H2. The minimum atomic E-state index is -0.282. The molecule has 3 heterocycles. The smallest absolute Gasteiger partial charge is 0.264 e. The Morgan fingerprint density at radius 2 is 1.70 bits per heavy atom. The van der Waals surface area contributed by atoms with Crippen molar-refractivity contribution in [1.29, 1.82) is 0 Å². The number of carbonyl (C=O) groups excluding carboxylic acids is 2. The van der Waals surface area contributed by atoms with Gasteiger partial charge < -0.3 is 14.5 Å². The summed E-state index contributed by atoms with van der Waals surface area (Å²) >= 11 is 7.51. The third-order valence-electron chi connectivity index (χ3n) is 5.97. The minimum absolute atomic E-state index is 0.0547. The lowest BCUT2D eigenvalue weighted by molar-refractivity contribution is -0.132. The predicted octanol–water partition coefficient (Wildman–Crippen LogP) is 2.98. The fraction of sp³-hybridized carbons (Fsp3) is 0.455. The molecule has 1 aromatic carbocycles. The van der Waals surface area contributed by atoms with Gasteiger partial charge in [0.1, 0.15) is 0 Å². The Balaban J connectivity index is 1.34. The Morgan fingerprint density at radius 3 is 2.33 bits per heavy atom. The topological polar surface area (TPSA) is 61.9 Å². The highest BCUT2D eigenvalue weighted by Gasteiger charge is 2.35. The van der Waals surface area contributed by atoms with Gasteiger partial charge in [-0.05, 0) is 42.0 Å². The first-order valence-corrected chi connectivity index (χ1v) is 11.5. The molecule has 0 bridgehead atoms. The third-order valence-corrected chi connectivity index (χ3v) is 7.08. The van der Waals surface area contributed by atoms with Gasteiger partial charge in [-0.3, -0.25) is 14.9 Å². The van der Waals surface area contributed by atoms with Crippen LogP contribution in [0.5, 0.6) is 0 Å². The van der Waals surface area contributed by atoms with Gasteiger partial charge in [-0.25, -0.2) is 0 Å². The number of amides is 2. The second kappa shape index (κ2) is 9.47. The summed E-state index contributed by atoms with van der Waals surface area (Å²) in [6, 6.07) is 11.6. The number of nitrogens with zero attached hydrogens (tertiary/aromatic N) is 2. The van der Waals surface area contributed by atoms with Crippen LogP contribution in [0.15, 0.2) is 41.8 Å². The van der Waals surface area contributed by atoms with E-state index in [0.29, 0.717) is 44.4 Å². The summed E-state index contributed by atoms with van der Waals surface area (Å²) in [5, 5.41) is 6.14. The lowest BCUT2D eigenvalue weighted by Gasteiger charge is -2.40. The maximum absolute atomic E-state index is 12.9. The Labute approximate surface area is 185 Å². The van der Waals surface area contributed by atoms with E-state index in [0.717, 1.165) is 23.3 Å². The Hall–Kier alpha value is -1.93. The van der Waals surface area contributed by atoms with E-state index in [2.05, 4.69) is 5.32 Å². The minimum Gasteiger partial charge on any atom is -0.381 e. The van der Waals surface area contributed by atoms with Crippen LogP contribution in [0, 0.1) is 0 Å². The first-order valence-electron chi connectivity index (χ1n) is 10.3. The molecule has 2 aliphatic heterocycles. The number of thiophene rings is 1. The van der Waals surface area contributed by atoms with Gasteiger partial charge in [0.15, 0.2) is 0 Å². The molecule has 0 saturated carbocycles. The predicted molar refractivity (Wildman–Crippen MR) is 118 cm³/mol. The Bertz CT molecular complexity index is 858. The summed E-state index contributed by atoms with van der Waals surface area (Å²) in [4.78, 5) is 29.8. The summed E-state index contributed by atoms with van der Waals surface area (Å²) in [5.41, 5.74) is 0.851. The summed E-state index contributed by atoms with van der Waals surface area (Å²) in [7, 11) is 0. The van der Waals surface area contributed by atoms with E-state index in [4.69, 9.17) is 16.3 Å². The number of halogens is 1. The summed E-state index contributed by atoms with van der Waals surface area (Å²) in [6.45, 7) is 3.85. The number of piperazine rings is 1. The van der Waals surface area contributed by atoms with Crippen LogP contribution in [0.4, 0.5) is 0 Å². The highest BCUT2D eigenvalue weighted by Crippen LogP contribution is 2.32. The van der Waals surface area contributed by atoms with Crippen LogP contribution in [0.1, 0.15) is 28.1 Å². The van der Waals surface area contributed by atoms with Gasteiger partial charge in [-0.1, -0.05) is 29.8 Å². The SMILES string of the molecule is O=C(CNC1(c2ccc(Cl)cc2)CCOCC1)N1CCN(C(=O)c2cccs2)CC1. The molecule has 0 aliphatic carbocycles. The number of nitrogens with one attached hydrogen (secondary N) is 1. The highest BCUT2D eigenvalue weighted by atomic mass is 35.5. The zero-order valence-corrected chi connectivity index (χ0v) is 18.4. The van der Waals surface area contributed by atoms with E-state index >= 15 is 0 Å². The van der Waals surface area contributed by atoms with Gasteiger partial charge in [0.05, 0.1) is 11.4 Å². The quantitative estimate of drug-likeness (QED) is 0.765. The molecule has 2 saturated heterocycles. The maximum Gasteiger partial charge on any atom is 0.264 e. The maximum atomic E-state index is 12.9. The molecule has 0 atom stereocenters. The highest BCUT2D eigenvalue weighted by molar-refractivity contribution is 7.12. The van der Waals surface area contributed by atoms with Gasteiger partial charge in [0, 0.05) is 50.0 Å². The average Bonchev–Trinajstić information content (AvgIpc) is 3.33. The third kappa shape index (κ3) is 4.70. The average molecular weight is 448 g/mol. The molecule has 2 fully saturated rings. The molecular weight excluding hydrogens is 422 g/mol. The van der Waals surface area contributed by atoms with E-state index in [9.17, 15) is 9.59 Å². The zero-order valence-electron chi connectivity index (χ0n) is 16.8. The monoisotopic (exact) mass is 447 g/mol. The molecule has 2 amide bonds. The lowest BCUT2D eigenvalue weighted by Crippen LogP contribution is -2.55. The number of benzene rings is 1. The fourth-order valence-corrected chi connectivity index (χ4v) is 4.94. The number of carbonyl (C=O) groups is 2. The van der Waals surface area contributed by atoms with Gasteiger partial charge >= 0.3 is 0 Å². The number of rotatable bonds is 5. The van der Waals surface area contributed by atoms with Crippen molar-refractivity contribution in [2.45, 2.75) is 18.4 Å². The van der Waals surface area contributed by atoms with E-state index in [1.807, 2.05) is 51.6 Å². The van der Waals surface area contributed by atoms with Crippen LogP contribution >= 0.6 is 22.9 Å². The van der Waals surface area contributed by atoms with Gasteiger partial charge in [0.25, 0.3) is 5.91 Å².